The van der Waals surface area contributed by atoms with E-state index in [9.17, 15) is 10.1 Å². The van der Waals surface area contributed by atoms with Crippen LogP contribution in [0.3, 0.4) is 0 Å². The van der Waals surface area contributed by atoms with E-state index < -0.39 is 0 Å². The normalized spacial score (nSPS) is 10.7. The molecule has 0 saturated heterocycles. The van der Waals surface area contributed by atoms with Gasteiger partial charge in [0.2, 0.25) is 0 Å². The molecule has 0 unspecified atom stereocenters. The summed E-state index contributed by atoms with van der Waals surface area (Å²) in [5.41, 5.74) is 0.917. The number of nitro benzene ring substituents is 1. The summed E-state index contributed by atoms with van der Waals surface area (Å²) in [7, 11) is 1.48. The van der Waals surface area contributed by atoms with Crippen molar-refractivity contribution in [2.75, 3.05) is 7.11 Å². The second-order valence-electron chi connectivity index (χ2n) is 6.16. The topological polar surface area (TPSA) is 52.4 Å². The van der Waals surface area contributed by atoms with E-state index in [-0.39, 0.29) is 10.6 Å². The number of nitrogens with zero attached hydrogens (tertiary/aromatic N) is 1. The largest absolute Gasteiger partial charge is 0.490 e. The number of methoxy groups -OCH3 is 1. The summed E-state index contributed by atoms with van der Waals surface area (Å²) < 4.78 is 5.11. The Labute approximate surface area is 140 Å². The SMILES string of the molecule is CCCCCCCCCCCCc1cccc(OC)c1[N+](=O)[O-]. The average molecular weight is 321 g/mol. The van der Waals surface area contributed by atoms with Crippen LogP contribution in [-0.2, 0) is 6.42 Å². The molecule has 0 radical (unpaired) electrons. The van der Waals surface area contributed by atoms with Crippen LogP contribution in [0.2, 0.25) is 0 Å². The van der Waals surface area contributed by atoms with Gasteiger partial charge in [-0.3, -0.25) is 10.1 Å². The molecule has 0 N–H and O–H groups in total. The lowest BCUT2D eigenvalue weighted by Crippen LogP contribution is -1.99. The maximum Gasteiger partial charge on any atom is 0.314 e. The fraction of sp³-hybridized carbons (Fsp3) is 0.684. The quantitative estimate of drug-likeness (QED) is 0.252. The Balaban J connectivity index is 2.22. The highest BCUT2D eigenvalue weighted by molar-refractivity contribution is 5.52. The lowest BCUT2D eigenvalue weighted by atomic mass is 10.0. The molecular formula is C19H31NO3. The third-order valence-electron chi connectivity index (χ3n) is 4.28. The van der Waals surface area contributed by atoms with Gasteiger partial charge in [0.05, 0.1) is 12.0 Å². The zero-order valence-electron chi connectivity index (χ0n) is 14.7. The highest BCUT2D eigenvalue weighted by Gasteiger charge is 2.19. The molecule has 130 valence electrons. The lowest BCUT2D eigenvalue weighted by molar-refractivity contribution is -0.386. The standard InChI is InChI=1S/C19H31NO3/c1-3-4-5-6-7-8-9-10-11-12-14-17-15-13-16-18(23-2)19(17)20(21)22/h13,15-16H,3-12,14H2,1-2H3. The van der Waals surface area contributed by atoms with Gasteiger partial charge >= 0.3 is 5.69 Å². The molecule has 0 aromatic heterocycles. The predicted molar refractivity (Wildman–Crippen MR) is 95.2 cm³/mol. The third-order valence-corrected chi connectivity index (χ3v) is 4.28. The number of benzene rings is 1. The monoisotopic (exact) mass is 321 g/mol. The first kappa shape index (κ1) is 19.5. The summed E-state index contributed by atoms with van der Waals surface area (Å²) in [6.07, 6.45) is 13.5. The van der Waals surface area contributed by atoms with Gasteiger partial charge in [0, 0.05) is 5.56 Å². The van der Waals surface area contributed by atoms with Crippen molar-refractivity contribution >= 4 is 5.69 Å². The summed E-state index contributed by atoms with van der Waals surface area (Å²) in [6.45, 7) is 2.24. The Morgan fingerprint density at radius 3 is 2.04 bits per heavy atom. The molecule has 1 aromatic rings. The van der Waals surface area contributed by atoms with E-state index in [2.05, 4.69) is 6.92 Å². The zero-order chi connectivity index (χ0) is 16.9. The van der Waals surface area contributed by atoms with Gasteiger partial charge in [-0.1, -0.05) is 76.8 Å². The number of nitro groups is 1. The number of unbranched alkanes of at least 4 members (excludes halogenated alkanes) is 9. The molecule has 0 atom stereocenters. The van der Waals surface area contributed by atoms with Crippen LogP contribution in [0, 0.1) is 10.1 Å². The smallest absolute Gasteiger partial charge is 0.314 e. The fourth-order valence-electron chi connectivity index (χ4n) is 2.94. The Morgan fingerprint density at radius 1 is 0.957 bits per heavy atom. The van der Waals surface area contributed by atoms with Crippen LogP contribution in [0.15, 0.2) is 18.2 Å². The first-order chi connectivity index (χ1) is 11.2. The summed E-state index contributed by atoms with van der Waals surface area (Å²) in [4.78, 5) is 10.9. The van der Waals surface area contributed by atoms with Crippen LogP contribution in [0.1, 0.15) is 76.7 Å². The molecule has 0 aliphatic heterocycles. The molecule has 0 saturated carbocycles. The van der Waals surface area contributed by atoms with Crippen molar-refractivity contribution < 1.29 is 9.66 Å². The van der Waals surface area contributed by atoms with Gasteiger partial charge in [0.25, 0.3) is 0 Å². The molecule has 1 rings (SSSR count). The molecular weight excluding hydrogens is 290 g/mol. The van der Waals surface area contributed by atoms with Crippen LogP contribution in [0.4, 0.5) is 5.69 Å². The van der Waals surface area contributed by atoms with Crippen molar-refractivity contribution in [2.24, 2.45) is 0 Å². The maximum absolute atomic E-state index is 11.2. The molecule has 0 spiro atoms. The van der Waals surface area contributed by atoms with E-state index in [0.717, 1.165) is 24.8 Å². The van der Waals surface area contributed by atoms with Gasteiger partial charge < -0.3 is 4.74 Å². The third kappa shape index (κ3) is 7.49. The minimum Gasteiger partial charge on any atom is -0.490 e. The van der Waals surface area contributed by atoms with E-state index >= 15 is 0 Å². The van der Waals surface area contributed by atoms with E-state index in [1.807, 2.05) is 12.1 Å². The average Bonchev–Trinajstić information content (AvgIpc) is 2.56. The Hall–Kier alpha value is -1.58. The summed E-state index contributed by atoms with van der Waals surface area (Å²) in [5, 5.41) is 11.2. The van der Waals surface area contributed by atoms with E-state index in [4.69, 9.17) is 4.74 Å². The highest BCUT2D eigenvalue weighted by atomic mass is 16.6. The predicted octanol–water partition coefficient (Wildman–Crippen LogP) is 6.07. The fourth-order valence-corrected chi connectivity index (χ4v) is 2.94. The summed E-state index contributed by atoms with van der Waals surface area (Å²) in [6, 6.07) is 5.33. The van der Waals surface area contributed by atoms with Crippen LogP contribution in [-0.4, -0.2) is 12.0 Å². The molecule has 0 aliphatic carbocycles. The van der Waals surface area contributed by atoms with Crippen molar-refractivity contribution in [3.8, 4) is 5.75 Å². The molecule has 0 heterocycles. The summed E-state index contributed by atoms with van der Waals surface area (Å²) >= 11 is 0. The van der Waals surface area contributed by atoms with Gasteiger partial charge in [-0.25, -0.2) is 0 Å². The summed E-state index contributed by atoms with van der Waals surface area (Å²) in [5.74, 6) is 0.361. The first-order valence-corrected chi connectivity index (χ1v) is 9.01. The van der Waals surface area contributed by atoms with Crippen LogP contribution in [0.25, 0.3) is 0 Å². The van der Waals surface area contributed by atoms with E-state index in [0.29, 0.717) is 5.75 Å². The Morgan fingerprint density at radius 2 is 1.52 bits per heavy atom. The number of hydrogen-bond acceptors (Lipinski definition) is 3. The number of hydrogen-bond donors (Lipinski definition) is 0. The molecule has 4 heteroatoms. The number of ether oxygens (including phenoxy) is 1. The van der Waals surface area contributed by atoms with Gasteiger partial charge in [-0.2, -0.15) is 0 Å². The minimum absolute atomic E-state index is 0.130. The van der Waals surface area contributed by atoms with Gasteiger partial charge in [0.1, 0.15) is 0 Å². The van der Waals surface area contributed by atoms with Crippen molar-refractivity contribution in [1.29, 1.82) is 0 Å². The van der Waals surface area contributed by atoms with Crippen molar-refractivity contribution in [3.05, 3.63) is 33.9 Å². The van der Waals surface area contributed by atoms with E-state index in [1.165, 1.54) is 58.5 Å². The lowest BCUT2D eigenvalue weighted by Gasteiger charge is -2.07. The second kappa shape index (κ2) is 11.9. The maximum atomic E-state index is 11.2. The number of rotatable bonds is 13. The van der Waals surface area contributed by atoms with Crippen LogP contribution in [0.5, 0.6) is 5.75 Å². The second-order valence-corrected chi connectivity index (χ2v) is 6.16. The van der Waals surface area contributed by atoms with Crippen LogP contribution < -0.4 is 4.74 Å². The number of para-hydroxylation sites is 1. The van der Waals surface area contributed by atoms with Gasteiger partial charge in [0.15, 0.2) is 5.75 Å². The van der Waals surface area contributed by atoms with Gasteiger partial charge in [-0.05, 0) is 18.9 Å². The van der Waals surface area contributed by atoms with Crippen molar-refractivity contribution in [3.63, 3.8) is 0 Å². The van der Waals surface area contributed by atoms with Crippen LogP contribution >= 0.6 is 0 Å². The zero-order valence-corrected chi connectivity index (χ0v) is 14.7. The minimum atomic E-state index is -0.329. The first-order valence-electron chi connectivity index (χ1n) is 9.01. The molecule has 0 amide bonds. The molecule has 23 heavy (non-hydrogen) atoms. The molecule has 0 bridgehead atoms. The van der Waals surface area contributed by atoms with Gasteiger partial charge in [-0.15, -0.1) is 0 Å². The molecule has 4 nitrogen and oxygen atoms in total. The number of aryl methyl sites for hydroxylation is 1. The molecule has 0 fully saturated rings. The Kier molecular flexibility index (Phi) is 10.1. The highest BCUT2D eigenvalue weighted by Crippen LogP contribution is 2.31. The van der Waals surface area contributed by atoms with Crippen molar-refractivity contribution in [1.82, 2.24) is 0 Å². The molecule has 1 aromatic carbocycles. The molecule has 0 aliphatic rings. The van der Waals surface area contributed by atoms with E-state index in [1.54, 1.807) is 6.07 Å². The Bertz CT molecular complexity index is 460. The van der Waals surface area contributed by atoms with Crippen molar-refractivity contribution in [2.45, 2.75) is 77.6 Å².